The molecular formula is C12H9NaO3. The van der Waals surface area contributed by atoms with Gasteiger partial charge in [-0.2, -0.15) is 0 Å². The summed E-state index contributed by atoms with van der Waals surface area (Å²) in [6.07, 6.45) is 0. The molecule has 2 aromatic rings. The van der Waals surface area contributed by atoms with Crippen LogP contribution in [0.5, 0.6) is 5.75 Å². The number of carbonyl (C=O) groups excluding carboxylic acids is 1. The van der Waals surface area contributed by atoms with E-state index in [4.69, 9.17) is 0 Å². The van der Waals surface area contributed by atoms with Gasteiger partial charge in [-0.3, -0.25) is 0 Å². The minimum absolute atomic E-state index is 0. The third kappa shape index (κ3) is 2.07. The van der Waals surface area contributed by atoms with Gasteiger partial charge in [-0.1, -0.05) is 24.3 Å². The number of phenols is 1. The molecule has 0 saturated heterocycles. The van der Waals surface area contributed by atoms with Gasteiger partial charge < -0.3 is 15.0 Å². The number of carboxylic acid groups (broad SMARTS) is 1. The van der Waals surface area contributed by atoms with Gasteiger partial charge in [0.2, 0.25) is 0 Å². The molecule has 76 valence electrons. The van der Waals surface area contributed by atoms with Crippen LogP contribution in [-0.2, 0) is 0 Å². The van der Waals surface area contributed by atoms with Crippen LogP contribution in [0.3, 0.4) is 0 Å². The quantitative estimate of drug-likeness (QED) is 0.583. The zero-order valence-electron chi connectivity index (χ0n) is 9.15. The molecule has 3 nitrogen and oxygen atoms in total. The summed E-state index contributed by atoms with van der Waals surface area (Å²) < 4.78 is 0. The Morgan fingerprint density at radius 2 is 1.81 bits per heavy atom. The van der Waals surface area contributed by atoms with Crippen LogP contribution in [0.4, 0.5) is 0 Å². The van der Waals surface area contributed by atoms with Crippen LogP contribution in [0.2, 0.25) is 0 Å². The molecule has 1 N–H and O–H groups in total. The van der Waals surface area contributed by atoms with Crippen molar-refractivity contribution in [1.82, 2.24) is 0 Å². The molecule has 0 spiro atoms. The van der Waals surface area contributed by atoms with Crippen molar-refractivity contribution < 1.29 is 44.6 Å². The molecule has 0 radical (unpaired) electrons. The van der Waals surface area contributed by atoms with E-state index in [1.165, 1.54) is 6.07 Å². The second-order valence-corrected chi connectivity index (χ2v) is 3.42. The van der Waals surface area contributed by atoms with Crippen molar-refractivity contribution in [3.8, 4) is 5.75 Å². The number of benzene rings is 2. The first-order valence-electron chi connectivity index (χ1n) is 4.54. The van der Waals surface area contributed by atoms with Crippen molar-refractivity contribution in [3.05, 3.63) is 41.5 Å². The van der Waals surface area contributed by atoms with Gasteiger partial charge >= 0.3 is 29.6 Å². The second kappa shape index (κ2) is 4.87. The number of carbonyl (C=O) groups is 1. The van der Waals surface area contributed by atoms with E-state index >= 15 is 0 Å². The summed E-state index contributed by atoms with van der Waals surface area (Å²) in [7, 11) is 0. The van der Waals surface area contributed by atoms with Gasteiger partial charge in [0.05, 0.1) is 5.97 Å². The smallest absolute Gasteiger partial charge is 0.545 e. The zero-order valence-corrected chi connectivity index (χ0v) is 11.2. The Hall–Kier alpha value is -1.03. The van der Waals surface area contributed by atoms with Crippen molar-refractivity contribution >= 4 is 16.7 Å². The van der Waals surface area contributed by atoms with E-state index in [2.05, 4.69) is 0 Å². The van der Waals surface area contributed by atoms with E-state index in [0.717, 1.165) is 10.9 Å². The molecule has 0 aliphatic carbocycles. The Kier molecular flexibility index (Phi) is 3.97. The van der Waals surface area contributed by atoms with Crippen LogP contribution >= 0.6 is 0 Å². The standard InChI is InChI=1S/C12H10O3.Na/c1-7-6-10(12(14)15)11(13)9-5-3-2-4-8(7)9;/h2-6,13H,1H3,(H,14,15);/q;+1/p-1. The fraction of sp³-hybridized carbons (Fsp3) is 0.0833. The Morgan fingerprint density at radius 1 is 1.25 bits per heavy atom. The molecule has 16 heavy (non-hydrogen) atoms. The molecule has 2 aromatic carbocycles. The van der Waals surface area contributed by atoms with Gasteiger partial charge in [0.1, 0.15) is 5.75 Å². The molecule has 2 rings (SSSR count). The van der Waals surface area contributed by atoms with Crippen molar-refractivity contribution in [1.29, 1.82) is 0 Å². The number of carboxylic acids is 1. The van der Waals surface area contributed by atoms with E-state index in [1.807, 2.05) is 12.1 Å². The van der Waals surface area contributed by atoms with Crippen LogP contribution in [-0.4, -0.2) is 11.1 Å². The minimum atomic E-state index is -1.36. The number of rotatable bonds is 1. The van der Waals surface area contributed by atoms with Gasteiger partial charge in [0, 0.05) is 10.9 Å². The summed E-state index contributed by atoms with van der Waals surface area (Å²) in [6, 6.07) is 8.54. The van der Waals surface area contributed by atoms with Crippen LogP contribution in [0.25, 0.3) is 10.8 Å². The SMILES string of the molecule is Cc1cc(C(=O)[O-])c(O)c2ccccc12.[Na+]. The second-order valence-electron chi connectivity index (χ2n) is 3.42. The number of fused-ring (bicyclic) bond motifs is 1. The van der Waals surface area contributed by atoms with Gasteiger partial charge in [-0.05, 0) is 23.9 Å². The summed E-state index contributed by atoms with van der Waals surface area (Å²) in [4.78, 5) is 10.7. The fourth-order valence-electron chi connectivity index (χ4n) is 1.70. The molecule has 0 heterocycles. The van der Waals surface area contributed by atoms with Crippen LogP contribution in [0, 0.1) is 6.92 Å². The summed E-state index contributed by atoms with van der Waals surface area (Å²) in [5.41, 5.74) is 0.647. The van der Waals surface area contributed by atoms with Crippen LogP contribution in [0.15, 0.2) is 30.3 Å². The van der Waals surface area contributed by atoms with Gasteiger partial charge in [-0.15, -0.1) is 0 Å². The maximum atomic E-state index is 10.7. The fourth-order valence-corrected chi connectivity index (χ4v) is 1.70. The first-order chi connectivity index (χ1) is 7.11. The average Bonchev–Trinajstić information content (AvgIpc) is 2.23. The van der Waals surface area contributed by atoms with Gasteiger partial charge in [0.25, 0.3) is 0 Å². The predicted molar refractivity (Wildman–Crippen MR) is 54.7 cm³/mol. The van der Waals surface area contributed by atoms with E-state index in [-0.39, 0.29) is 40.9 Å². The first-order valence-corrected chi connectivity index (χ1v) is 4.54. The number of aromatic carboxylic acids is 1. The van der Waals surface area contributed by atoms with E-state index in [1.54, 1.807) is 19.1 Å². The third-order valence-corrected chi connectivity index (χ3v) is 2.44. The van der Waals surface area contributed by atoms with Crippen LogP contribution in [0.1, 0.15) is 15.9 Å². The minimum Gasteiger partial charge on any atom is -0.545 e. The Morgan fingerprint density at radius 3 is 2.38 bits per heavy atom. The Balaban J connectivity index is 0.00000128. The van der Waals surface area contributed by atoms with E-state index in [9.17, 15) is 15.0 Å². The number of hydrogen-bond donors (Lipinski definition) is 1. The van der Waals surface area contributed by atoms with Crippen LogP contribution < -0.4 is 34.7 Å². The number of aromatic hydroxyl groups is 1. The Bertz CT molecular complexity index is 549. The zero-order chi connectivity index (χ0) is 11.0. The predicted octanol–water partition coefficient (Wildman–Crippen LogP) is -1.78. The molecule has 0 saturated carbocycles. The number of aryl methyl sites for hydroxylation is 1. The number of hydrogen-bond acceptors (Lipinski definition) is 3. The summed E-state index contributed by atoms with van der Waals surface area (Å²) in [6.45, 7) is 1.80. The summed E-state index contributed by atoms with van der Waals surface area (Å²) in [5, 5.41) is 21.9. The van der Waals surface area contributed by atoms with Gasteiger partial charge in [0.15, 0.2) is 0 Å². The van der Waals surface area contributed by atoms with Crippen molar-refractivity contribution in [2.45, 2.75) is 6.92 Å². The molecule has 4 heteroatoms. The molecule has 0 fully saturated rings. The normalized spacial score (nSPS) is 9.81. The van der Waals surface area contributed by atoms with Crippen molar-refractivity contribution in [3.63, 3.8) is 0 Å². The third-order valence-electron chi connectivity index (χ3n) is 2.44. The van der Waals surface area contributed by atoms with E-state index < -0.39 is 5.97 Å². The maximum Gasteiger partial charge on any atom is 1.00 e. The van der Waals surface area contributed by atoms with Crippen molar-refractivity contribution in [2.24, 2.45) is 0 Å². The average molecular weight is 224 g/mol. The largest absolute Gasteiger partial charge is 1.00 e. The molecule has 0 bridgehead atoms. The monoisotopic (exact) mass is 224 g/mol. The van der Waals surface area contributed by atoms with E-state index in [0.29, 0.717) is 5.39 Å². The molecular weight excluding hydrogens is 215 g/mol. The summed E-state index contributed by atoms with van der Waals surface area (Å²) in [5.74, 6) is -1.59. The molecule has 0 atom stereocenters. The molecule has 0 aromatic heterocycles. The first kappa shape index (κ1) is 13.0. The molecule has 0 aliphatic rings. The molecule has 0 aliphatic heterocycles. The molecule has 0 amide bonds. The van der Waals surface area contributed by atoms with Crippen molar-refractivity contribution in [2.75, 3.05) is 0 Å². The molecule has 0 unspecified atom stereocenters. The topological polar surface area (TPSA) is 60.4 Å². The van der Waals surface area contributed by atoms with Gasteiger partial charge in [-0.25, -0.2) is 0 Å². The Labute approximate surface area is 115 Å². The summed E-state index contributed by atoms with van der Waals surface area (Å²) >= 11 is 0. The maximum absolute atomic E-state index is 10.7.